The summed E-state index contributed by atoms with van der Waals surface area (Å²) in [6.07, 6.45) is 0.750. The zero-order chi connectivity index (χ0) is 15.4. The minimum Gasteiger partial charge on any atom is -0.479 e. The van der Waals surface area contributed by atoms with Crippen LogP contribution in [0.5, 0.6) is 0 Å². The van der Waals surface area contributed by atoms with Gasteiger partial charge in [-0.3, -0.25) is 4.79 Å². The first kappa shape index (κ1) is 15.2. The fourth-order valence-electron chi connectivity index (χ4n) is 1.94. The zero-order valence-electron chi connectivity index (χ0n) is 11.8. The molecule has 0 saturated heterocycles. The number of benzene rings is 1. The van der Waals surface area contributed by atoms with E-state index >= 15 is 0 Å². The molecule has 0 radical (unpaired) electrons. The predicted octanol–water partition coefficient (Wildman–Crippen LogP) is 2.57. The molecule has 0 bridgehead atoms. The van der Waals surface area contributed by atoms with Crippen LogP contribution in [0.4, 0.5) is 0 Å². The van der Waals surface area contributed by atoms with Crippen molar-refractivity contribution >= 4 is 23.2 Å². The Labute approximate surface area is 126 Å². The molecule has 0 spiro atoms. The minimum absolute atomic E-state index is 0.402. The van der Waals surface area contributed by atoms with E-state index in [1.807, 2.05) is 6.92 Å². The van der Waals surface area contributed by atoms with Crippen molar-refractivity contribution in [1.82, 2.24) is 10.3 Å². The maximum atomic E-state index is 12.3. The van der Waals surface area contributed by atoms with Crippen molar-refractivity contribution in [3.63, 3.8) is 0 Å². The second-order valence-electron chi connectivity index (χ2n) is 4.53. The van der Waals surface area contributed by atoms with Crippen molar-refractivity contribution in [3.8, 4) is 0 Å². The monoisotopic (exact) mass is 304 g/mol. The van der Waals surface area contributed by atoms with Crippen LogP contribution in [0, 0.1) is 6.92 Å². The number of carboxylic acid groups (broad SMARTS) is 1. The topological polar surface area (TPSA) is 79.3 Å². The average molecular weight is 304 g/mol. The quantitative estimate of drug-likeness (QED) is 0.889. The van der Waals surface area contributed by atoms with Gasteiger partial charge in [0.1, 0.15) is 4.88 Å². The Hall–Kier alpha value is -2.21. The van der Waals surface area contributed by atoms with E-state index in [9.17, 15) is 14.7 Å². The number of nitrogens with one attached hydrogen (secondary N) is 1. The van der Waals surface area contributed by atoms with Crippen LogP contribution >= 0.6 is 11.3 Å². The number of thiazole rings is 1. The number of hydrogen-bond acceptors (Lipinski definition) is 4. The number of aliphatic carboxylic acids is 1. The molecule has 2 N–H and O–H groups in total. The Morgan fingerprint density at radius 3 is 2.52 bits per heavy atom. The number of carbonyl (C=O) groups excluding carboxylic acids is 1. The number of hydrogen-bond donors (Lipinski definition) is 2. The smallest absolute Gasteiger partial charge is 0.330 e. The Balaban J connectivity index is 2.23. The van der Waals surface area contributed by atoms with E-state index in [1.165, 1.54) is 11.3 Å². The zero-order valence-corrected chi connectivity index (χ0v) is 12.6. The Kier molecular flexibility index (Phi) is 4.70. The highest BCUT2D eigenvalue weighted by Gasteiger charge is 2.24. The molecule has 21 heavy (non-hydrogen) atoms. The summed E-state index contributed by atoms with van der Waals surface area (Å²) in [5, 5.41) is 12.7. The molecule has 5 nitrogen and oxygen atoms in total. The highest BCUT2D eigenvalue weighted by Crippen LogP contribution is 2.20. The molecule has 0 unspecified atom stereocenters. The molecule has 6 heteroatoms. The van der Waals surface area contributed by atoms with Crippen LogP contribution in [0.1, 0.15) is 38.9 Å². The first-order valence-corrected chi connectivity index (χ1v) is 7.39. The van der Waals surface area contributed by atoms with Gasteiger partial charge < -0.3 is 10.4 Å². The molecule has 1 aromatic heterocycles. The highest BCUT2D eigenvalue weighted by atomic mass is 32.1. The van der Waals surface area contributed by atoms with E-state index in [0.29, 0.717) is 16.1 Å². The summed E-state index contributed by atoms with van der Waals surface area (Å²) in [6.45, 7) is 3.72. The minimum atomic E-state index is -1.09. The van der Waals surface area contributed by atoms with Gasteiger partial charge in [0.25, 0.3) is 5.91 Å². The van der Waals surface area contributed by atoms with Crippen molar-refractivity contribution in [3.05, 3.63) is 51.5 Å². The molecule has 0 aliphatic carbocycles. The van der Waals surface area contributed by atoms with Crippen LogP contribution in [0.3, 0.4) is 0 Å². The molecule has 0 aliphatic heterocycles. The SMILES string of the molecule is CCc1nc(C)c(C(=O)N[C@@H](C(=O)O)c2ccccc2)s1. The van der Waals surface area contributed by atoms with E-state index in [1.54, 1.807) is 37.3 Å². The molecule has 0 aliphatic rings. The van der Waals surface area contributed by atoms with Crippen LogP contribution < -0.4 is 5.32 Å². The second kappa shape index (κ2) is 6.49. The summed E-state index contributed by atoms with van der Waals surface area (Å²) < 4.78 is 0. The number of nitrogens with zero attached hydrogens (tertiary/aromatic N) is 1. The normalized spacial score (nSPS) is 11.9. The van der Waals surface area contributed by atoms with Crippen LogP contribution in [0.25, 0.3) is 0 Å². The summed E-state index contributed by atoms with van der Waals surface area (Å²) in [4.78, 5) is 28.4. The number of rotatable bonds is 5. The largest absolute Gasteiger partial charge is 0.479 e. The molecule has 110 valence electrons. The first-order chi connectivity index (χ1) is 10.0. The van der Waals surface area contributed by atoms with E-state index in [4.69, 9.17) is 0 Å². The van der Waals surface area contributed by atoms with E-state index < -0.39 is 17.9 Å². The lowest BCUT2D eigenvalue weighted by Gasteiger charge is -2.14. The molecular formula is C15H16N2O3S. The van der Waals surface area contributed by atoms with Gasteiger partial charge in [-0.05, 0) is 18.9 Å². The number of aryl methyl sites for hydroxylation is 2. The van der Waals surface area contributed by atoms with Gasteiger partial charge in [0, 0.05) is 0 Å². The number of aromatic nitrogens is 1. The molecule has 1 amide bonds. The van der Waals surface area contributed by atoms with Crippen LogP contribution in [-0.4, -0.2) is 22.0 Å². The molecule has 1 aromatic carbocycles. The van der Waals surface area contributed by atoms with Gasteiger partial charge in [-0.2, -0.15) is 0 Å². The summed E-state index contributed by atoms with van der Waals surface area (Å²) in [6, 6.07) is 7.57. The van der Waals surface area contributed by atoms with Crippen LogP contribution in [0.2, 0.25) is 0 Å². The van der Waals surface area contributed by atoms with Crippen molar-refractivity contribution in [2.75, 3.05) is 0 Å². The van der Waals surface area contributed by atoms with E-state index in [0.717, 1.165) is 11.4 Å². The molecular weight excluding hydrogens is 288 g/mol. The molecule has 1 atom stereocenters. The number of carboxylic acids is 1. The number of amides is 1. The second-order valence-corrected chi connectivity index (χ2v) is 5.61. The summed E-state index contributed by atoms with van der Waals surface area (Å²) in [7, 11) is 0. The van der Waals surface area contributed by atoms with Gasteiger partial charge in [0.05, 0.1) is 10.7 Å². The Morgan fingerprint density at radius 1 is 1.33 bits per heavy atom. The summed E-state index contributed by atoms with van der Waals surface area (Å²) in [5.41, 5.74) is 1.17. The standard InChI is InChI=1S/C15H16N2O3S/c1-3-11-16-9(2)13(21-11)14(18)17-12(15(19)20)10-7-5-4-6-8-10/h4-8,12H,3H2,1-2H3,(H,17,18)(H,19,20)/t12-/m1/s1. The lowest BCUT2D eigenvalue weighted by Crippen LogP contribution is -2.33. The number of carbonyl (C=O) groups is 2. The van der Waals surface area contributed by atoms with Crippen LogP contribution in [0.15, 0.2) is 30.3 Å². The van der Waals surface area contributed by atoms with Crippen molar-refractivity contribution in [2.45, 2.75) is 26.3 Å². The highest BCUT2D eigenvalue weighted by molar-refractivity contribution is 7.13. The third-order valence-electron chi connectivity index (χ3n) is 3.00. The van der Waals surface area contributed by atoms with Gasteiger partial charge in [0.2, 0.25) is 0 Å². The third kappa shape index (κ3) is 3.46. The lowest BCUT2D eigenvalue weighted by atomic mass is 10.1. The maximum Gasteiger partial charge on any atom is 0.330 e. The summed E-state index contributed by atoms with van der Waals surface area (Å²) >= 11 is 1.30. The maximum absolute atomic E-state index is 12.3. The van der Waals surface area contributed by atoms with Crippen molar-refractivity contribution < 1.29 is 14.7 Å². The van der Waals surface area contributed by atoms with E-state index in [2.05, 4.69) is 10.3 Å². The lowest BCUT2D eigenvalue weighted by molar-refractivity contribution is -0.139. The average Bonchev–Trinajstić information content (AvgIpc) is 2.86. The first-order valence-electron chi connectivity index (χ1n) is 6.57. The van der Waals surface area contributed by atoms with Crippen molar-refractivity contribution in [1.29, 1.82) is 0 Å². The predicted molar refractivity (Wildman–Crippen MR) is 80.5 cm³/mol. The van der Waals surface area contributed by atoms with Crippen LogP contribution in [-0.2, 0) is 11.2 Å². The Morgan fingerprint density at radius 2 is 2.00 bits per heavy atom. The third-order valence-corrected chi connectivity index (χ3v) is 4.31. The Bertz CT molecular complexity index is 652. The fourth-order valence-corrected chi connectivity index (χ4v) is 2.85. The fraction of sp³-hybridized carbons (Fsp3) is 0.267. The molecule has 1 heterocycles. The van der Waals surface area contributed by atoms with E-state index in [-0.39, 0.29) is 0 Å². The molecule has 0 saturated carbocycles. The van der Waals surface area contributed by atoms with Gasteiger partial charge in [-0.1, -0.05) is 37.3 Å². The van der Waals surface area contributed by atoms with Gasteiger partial charge in [0.15, 0.2) is 6.04 Å². The molecule has 2 rings (SSSR count). The van der Waals surface area contributed by atoms with Gasteiger partial charge in [-0.25, -0.2) is 9.78 Å². The van der Waals surface area contributed by atoms with Gasteiger partial charge >= 0.3 is 5.97 Å². The van der Waals surface area contributed by atoms with Crippen molar-refractivity contribution in [2.24, 2.45) is 0 Å². The van der Waals surface area contributed by atoms with Gasteiger partial charge in [-0.15, -0.1) is 11.3 Å². The molecule has 2 aromatic rings. The molecule has 0 fully saturated rings. The summed E-state index contributed by atoms with van der Waals surface area (Å²) in [5.74, 6) is -1.49.